The zero-order chi connectivity index (χ0) is 13.8. The highest BCUT2D eigenvalue weighted by Crippen LogP contribution is 2.19. The van der Waals surface area contributed by atoms with Crippen LogP contribution in [0.5, 0.6) is 0 Å². The zero-order valence-electron chi connectivity index (χ0n) is 10.4. The van der Waals surface area contributed by atoms with Gasteiger partial charge in [-0.2, -0.15) is 0 Å². The zero-order valence-corrected chi connectivity index (χ0v) is 12.0. The fourth-order valence-corrected chi connectivity index (χ4v) is 2.17. The first kappa shape index (κ1) is 13.7. The molecule has 1 amide bonds. The number of nitrogens with one attached hydrogen (secondary N) is 1. The molecule has 0 heterocycles. The molecule has 2 rings (SSSR count). The van der Waals surface area contributed by atoms with Crippen molar-refractivity contribution in [3.8, 4) is 0 Å². The van der Waals surface area contributed by atoms with Crippen molar-refractivity contribution in [2.24, 2.45) is 0 Å². The molecule has 19 heavy (non-hydrogen) atoms. The first-order valence-corrected chi connectivity index (χ1v) is 6.75. The normalized spacial score (nSPS) is 10.3. The minimum atomic E-state index is -0.533. The lowest BCUT2D eigenvalue weighted by Crippen LogP contribution is -2.14. The molecule has 0 aliphatic carbocycles. The van der Waals surface area contributed by atoms with E-state index in [4.69, 9.17) is 0 Å². The smallest absolute Gasteiger partial charge is 0.258 e. The summed E-state index contributed by atoms with van der Waals surface area (Å²) in [6, 6.07) is 11.8. The van der Waals surface area contributed by atoms with Gasteiger partial charge >= 0.3 is 0 Å². The van der Waals surface area contributed by atoms with E-state index in [9.17, 15) is 9.18 Å². The van der Waals surface area contributed by atoms with Crippen molar-refractivity contribution >= 4 is 27.5 Å². The third-order valence-corrected chi connectivity index (χ3v) is 3.31. The maximum absolute atomic E-state index is 13.6. The minimum absolute atomic E-state index is 0.0280. The van der Waals surface area contributed by atoms with Crippen molar-refractivity contribution in [2.45, 2.75) is 13.3 Å². The standard InChI is InChI=1S/C15H13BrFNO/c1-2-10-5-3-4-6-14(10)18-15(19)12-9-11(16)7-8-13(12)17/h3-9H,2H2,1H3,(H,18,19). The van der Waals surface area contributed by atoms with Gasteiger partial charge < -0.3 is 5.32 Å². The quantitative estimate of drug-likeness (QED) is 0.891. The Balaban J connectivity index is 2.28. The summed E-state index contributed by atoms with van der Waals surface area (Å²) < 4.78 is 14.3. The van der Waals surface area contributed by atoms with Gasteiger partial charge in [-0.05, 0) is 36.2 Å². The molecule has 0 aliphatic heterocycles. The molecule has 4 heteroatoms. The summed E-state index contributed by atoms with van der Waals surface area (Å²) in [7, 11) is 0. The molecule has 0 saturated heterocycles. The van der Waals surface area contributed by atoms with Crippen LogP contribution < -0.4 is 5.32 Å². The fourth-order valence-electron chi connectivity index (χ4n) is 1.81. The monoisotopic (exact) mass is 321 g/mol. The molecule has 0 saturated carbocycles. The van der Waals surface area contributed by atoms with E-state index in [-0.39, 0.29) is 5.56 Å². The van der Waals surface area contributed by atoms with Gasteiger partial charge in [0.05, 0.1) is 5.56 Å². The molecule has 2 aromatic rings. The van der Waals surface area contributed by atoms with Crippen LogP contribution in [0.3, 0.4) is 0 Å². The van der Waals surface area contributed by atoms with Gasteiger partial charge in [-0.25, -0.2) is 4.39 Å². The number of carbonyl (C=O) groups is 1. The number of hydrogen-bond donors (Lipinski definition) is 1. The van der Waals surface area contributed by atoms with Crippen LogP contribution in [-0.2, 0) is 6.42 Å². The summed E-state index contributed by atoms with van der Waals surface area (Å²) in [6.07, 6.45) is 0.803. The highest BCUT2D eigenvalue weighted by atomic mass is 79.9. The summed E-state index contributed by atoms with van der Waals surface area (Å²) in [6.45, 7) is 2.00. The van der Waals surface area contributed by atoms with Crippen LogP contribution in [0, 0.1) is 5.82 Å². The fraction of sp³-hybridized carbons (Fsp3) is 0.133. The van der Waals surface area contributed by atoms with Crippen LogP contribution >= 0.6 is 15.9 Å². The van der Waals surface area contributed by atoms with Gasteiger partial charge in [-0.3, -0.25) is 4.79 Å². The van der Waals surface area contributed by atoms with E-state index >= 15 is 0 Å². The first-order chi connectivity index (χ1) is 9.11. The van der Waals surface area contributed by atoms with E-state index in [0.29, 0.717) is 4.47 Å². The molecule has 0 fully saturated rings. The minimum Gasteiger partial charge on any atom is -0.322 e. The molecule has 0 bridgehead atoms. The van der Waals surface area contributed by atoms with Crippen LogP contribution in [0.15, 0.2) is 46.9 Å². The molecular formula is C15H13BrFNO. The van der Waals surface area contributed by atoms with Gasteiger partial charge in [0.1, 0.15) is 5.82 Å². The third kappa shape index (κ3) is 3.20. The van der Waals surface area contributed by atoms with Gasteiger partial charge in [-0.1, -0.05) is 41.1 Å². The van der Waals surface area contributed by atoms with Crippen molar-refractivity contribution in [1.82, 2.24) is 0 Å². The second kappa shape index (κ2) is 5.97. The number of carbonyl (C=O) groups excluding carboxylic acids is 1. The molecular weight excluding hydrogens is 309 g/mol. The number of amides is 1. The molecule has 98 valence electrons. The lowest BCUT2D eigenvalue weighted by Gasteiger charge is -2.10. The maximum Gasteiger partial charge on any atom is 0.258 e. The number of aryl methyl sites for hydroxylation is 1. The van der Waals surface area contributed by atoms with Crippen LogP contribution in [-0.4, -0.2) is 5.91 Å². The number of hydrogen-bond acceptors (Lipinski definition) is 1. The van der Waals surface area contributed by atoms with E-state index in [1.807, 2.05) is 31.2 Å². The van der Waals surface area contributed by atoms with Gasteiger partial charge in [0, 0.05) is 10.2 Å². The van der Waals surface area contributed by atoms with Gasteiger partial charge in [-0.15, -0.1) is 0 Å². The Morgan fingerprint density at radius 1 is 1.26 bits per heavy atom. The molecule has 0 aromatic heterocycles. The molecule has 0 aliphatic rings. The van der Waals surface area contributed by atoms with Crippen LogP contribution in [0.25, 0.3) is 0 Å². The maximum atomic E-state index is 13.6. The Morgan fingerprint density at radius 3 is 2.74 bits per heavy atom. The Kier molecular flexibility index (Phi) is 4.32. The first-order valence-electron chi connectivity index (χ1n) is 5.96. The summed E-state index contributed by atoms with van der Waals surface area (Å²) in [5.41, 5.74) is 1.76. The lowest BCUT2D eigenvalue weighted by atomic mass is 10.1. The van der Waals surface area contributed by atoms with E-state index in [1.165, 1.54) is 12.1 Å². The highest BCUT2D eigenvalue weighted by molar-refractivity contribution is 9.10. The molecule has 2 aromatic carbocycles. The second-order valence-electron chi connectivity index (χ2n) is 4.09. The van der Waals surface area contributed by atoms with E-state index in [2.05, 4.69) is 21.2 Å². The SMILES string of the molecule is CCc1ccccc1NC(=O)c1cc(Br)ccc1F. The number of halogens is 2. The van der Waals surface area contributed by atoms with Crippen molar-refractivity contribution < 1.29 is 9.18 Å². The van der Waals surface area contributed by atoms with E-state index < -0.39 is 11.7 Å². The topological polar surface area (TPSA) is 29.1 Å². The predicted octanol–water partition coefficient (Wildman–Crippen LogP) is 4.40. The second-order valence-corrected chi connectivity index (χ2v) is 5.00. The largest absolute Gasteiger partial charge is 0.322 e. The van der Waals surface area contributed by atoms with E-state index in [0.717, 1.165) is 17.7 Å². The lowest BCUT2D eigenvalue weighted by molar-refractivity contribution is 0.102. The number of para-hydroxylation sites is 1. The third-order valence-electron chi connectivity index (χ3n) is 2.82. The van der Waals surface area contributed by atoms with Gasteiger partial charge in [0.25, 0.3) is 5.91 Å². The van der Waals surface area contributed by atoms with Crippen molar-refractivity contribution in [3.63, 3.8) is 0 Å². The molecule has 1 N–H and O–H groups in total. The average Bonchev–Trinajstić information content (AvgIpc) is 2.42. The highest BCUT2D eigenvalue weighted by Gasteiger charge is 2.13. The summed E-state index contributed by atoms with van der Waals surface area (Å²) in [5, 5.41) is 2.75. The van der Waals surface area contributed by atoms with Crippen molar-refractivity contribution in [3.05, 3.63) is 63.9 Å². The number of rotatable bonds is 3. The Bertz CT molecular complexity index is 613. The Labute approximate surface area is 119 Å². The van der Waals surface area contributed by atoms with Gasteiger partial charge in [0.15, 0.2) is 0 Å². The molecule has 0 unspecified atom stereocenters. The van der Waals surface area contributed by atoms with Crippen molar-refractivity contribution in [2.75, 3.05) is 5.32 Å². The molecule has 0 atom stereocenters. The molecule has 0 spiro atoms. The summed E-state index contributed by atoms with van der Waals surface area (Å²) in [5.74, 6) is -0.977. The van der Waals surface area contributed by atoms with Crippen LogP contribution in [0.2, 0.25) is 0 Å². The van der Waals surface area contributed by atoms with Crippen LogP contribution in [0.4, 0.5) is 10.1 Å². The Morgan fingerprint density at radius 2 is 2.00 bits per heavy atom. The molecule has 2 nitrogen and oxygen atoms in total. The van der Waals surface area contributed by atoms with Crippen LogP contribution in [0.1, 0.15) is 22.8 Å². The average molecular weight is 322 g/mol. The summed E-state index contributed by atoms with van der Waals surface area (Å²) >= 11 is 3.23. The number of benzene rings is 2. The molecule has 0 radical (unpaired) electrons. The summed E-state index contributed by atoms with van der Waals surface area (Å²) in [4.78, 5) is 12.1. The van der Waals surface area contributed by atoms with Crippen molar-refractivity contribution in [1.29, 1.82) is 0 Å². The Hall–Kier alpha value is -1.68. The number of anilines is 1. The van der Waals surface area contributed by atoms with E-state index in [1.54, 1.807) is 6.07 Å². The predicted molar refractivity (Wildman–Crippen MR) is 77.9 cm³/mol. The van der Waals surface area contributed by atoms with Gasteiger partial charge in [0.2, 0.25) is 0 Å².